The minimum atomic E-state index is -4.82. The van der Waals surface area contributed by atoms with Crippen molar-refractivity contribution >= 4 is 17.5 Å². The number of anilines is 1. The van der Waals surface area contributed by atoms with Gasteiger partial charge in [0.2, 0.25) is 5.88 Å². The number of carbonyl (C=O) groups excluding carboxylic acids is 2. The smallest absolute Gasteiger partial charge is 0.477 e. The molecule has 11 heteroatoms. The quantitative estimate of drug-likeness (QED) is 0.476. The van der Waals surface area contributed by atoms with Crippen molar-refractivity contribution in [3.63, 3.8) is 0 Å². The number of amides is 2. The van der Waals surface area contributed by atoms with Crippen LogP contribution in [0.2, 0.25) is 0 Å². The molecular weight excluding hydrogens is 479 g/mol. The molecule has 2 fully saturated rings. The first kappa shape index (κ1) is 25.9. The number of hydrogen-bond donors (Lipinski definition) is 3. The summed E-state index contributed by atoms with van der Waals surface area (Å²) in [6.45, 7) is 2.39. The van der Waals surface area contributed by atoms with Crippen LogP contribution in [-0.2, 0) is 11.2 Å². The average molecular weight is 508 g/mol. The van der Waals surface area contributed by atoms with Crippen molar-refractivity contribution in [2.45, 2.75) is 63.6 Å². The summed E-state index contributed by atoms with van der Waals surface area (Å²) in [5, 5.41) is 15.5. The molecule has 0 radical (unpaired) electrons. The summed E-state index contributed by atoms with van der Waals surface area (Å²) >= 11 is 0. The number of alkyl halides is 3. The van der Waals surface area contributed by atoms with Crippen molar-refractivity contribution in [1.29, 1.82) is 0 Å². The first-order valence-corrected chi connectivity index (χ1v) is 11.9. The zero-order chi connectivity index (χ0) is 25.9. The predicted molar refractivity (Wildman–Crippen MR) is 124 cm³/mol. The number of carbonyl (C=O) groups is 2. The van der Waals surface area contributed by atoms with Crippen molar-refractivity contribution in [2.24, 2.45) is 5.92 Å². The van der Waals surface area contributed by atoms with Gasteiger partial charge in [-0.25, -0.2) is 4.98 Å². The maximum Gasteiger partial charge on any atom is 0.522 e. The van der Waals surface area contributed by atoms with E-state index in [1.54, 1.807) is 30.5 Å². The molecule has 3 N–H and O–H groups in total. The predicted octanol–water partition coefficient (Wildman–Crippen LogP) is 3.84. The Morgan fingerprint density at radius 3 is 2.64 bits per heavy atom. The molecule has 0 unspecified atom stereocenters. The Kier molecular flexibility index (Phi) is 7.79. The monoisotopic (exact) mass is 507 g/mol. The van der Waals surface area contributed by atoms with Gasteiger partial charge in [0, 0.05) is 23.9 Å². The maximum absolute atomic E-state index is 13.0. The fourth-order valence-electron chi connectivity index (χ4n) is 4.15. The molecule has 4 rings (SSSR count). The molecule has 0 saturated heterocycles. The summed E-state index contributed by atoms with van der Waals surface area (Å²) in [6, 6.07) is 7.09. The zero-order valence-electron chi connectivity index (χ0n) is 19.7. The van der Waals surface area contributed by atoms with Crippen molar-refractivity contribution in [2.75, 3.05) is 11.9 Å². The van der Waals surface area contributed by atoms with Crippen molar-refractivity contribution in [3.05, 3.63) is 53.2 Å². The number of nitrogens with zero attached hydrogens (tertiary/aromatic N) is 1. The molecule has 1 aromatic carbocycles. The van der Waals surface area contributed by atoms with Gasteiger partial charge in [0.25, 0.3) is 11.8 Å². The normalized spacial score (nSPS) is 21.8. The Morgan fingerprint density at radius 1 is 1.17 bits per heavy atom. The summed E-state index contributed by atoms with van der Waals surface area (Å²) in [5.74, 6) is -0.308. The van der Waals surface area contributed by atoms with E-state index in [1.165, 1.54) is 6.07 Å². The molecule has 2 aliphatic rings. The number of aliphatic hydroxyl groups is 1. The number of ether oxygens (including phenoxy) is 2. The van der Waals surface area contributed by atoms with E-state index in [0.717, 1.165) is 18.4 Å². The van der Waals surface area contributed by atoms with Crippen LogP contribution in [0.15, 0.2) is 36.5 Å². The van der Waals surface area contributed by atoms with Crippen molar-refractivity contribution < 1.29 is 37.3 Å². The molecule has 3 atom stereocenters. The third-order valence-electron chi connectivity index (χ3n) is 6.27. The third kappa shape index (κ3) is 6.73. The molecule has 0 spiro atoms. The molecule has 2 aliphatic carbocycles. The summed E-state index contributed by atoms with van der Waals surface area (Å²) in [4.78, 5) is 30.0. The second-order valence-electron chi connectivity index (χ2n) is 9.09. The second kappa shape index (κ2) is 10.8. The third-order valence-corrected chi connectivity index (χ3v) is 6.27. The molecule has 194 valence electrons. The van der Waals surface area contributed by atoms with E-state index in [2.05, 4.69) is 20.4 Å². The Balaban J connectivity index is 1.45. The Labute approximate surface area is 206 Å². The molecule has 2 saturated carbocycles. The molecule has 1 heterocycles. The van der Waals surface area contributed by atoms with Crippen LogP contribution < -0.4 is 15.4 Å². The maximum atomic E-state index is 13.0. The highest BCUT2D eigenvalue weighted by Gasteiger charge is 2.41. The molecule has 0 aliphatic heterocycles. The van der Waals surface area contributed by atoms with Crippen LogP contribution in [-0.4, -0.2) is 53.1 Å². The highest BCUT2D eigenvalue weighted by molar-refractivity contribution is 6.07. The summed E-state index contributed by atoms with van der Waals surface area (Å²) in [7, 11) is 0. The topological polar surface area (TPSA) is 110 Å². The summed E-state index contributed by atoms with van der Waals surface area (Å²) in [6.07, 6.45) is -3.33. The van der Waals surface area contributed by atoms with E-state index < -0.39 is 36.4 Å². The number of halogens is 3. The van der Waals surface area contributed by atoms with Crippen molar-refractivity contribution in [1.82, 2.24) is 10.3 Å². The second-order valence-corrected chi connectivity index (χ2v) is 9.09. The lowest BCUT2D eigenvalue weighted by Gasteiger charge is -2.18. The Hall–Kier alpha value is -3.18. The van der Waals surface area contributed by atoms with Gasteiger partial charge in [0.15, 0.2) is 0 Å². The zero-order valence-corrected chi connectivity index (χ0v) is 19.7. The van der Waals surface area contributed by atoms with Crippen molar-refractivity contribution in [3.8, 4) is 5.88 Å². The number of pyridine rings is 1. The Bertz CT molecular complexity index is 1110. The van der Waals surface area contributed by atoms with E-state index in [4.69, 9.17) is 4.74 Å². The van der Waals surface area contributed by atoms with E-state index in [-0.39, 0.29) is 29.8 Å². The van der Waals surface area contributed by atoms with Gasteiger partial charge < -0.3 is 20.5 Å². The number of rotatable bonds is 9. The van der Waals surface area contributed by atoms with Gasteiger partial charge in [-0.1, -0.05) is 13.0 Å². The number of aromatic nitrogens is 1. The lowest BCUT2D eigenvalue weighted by molar-refractivity contribution is -0.342. The average Bonchev–Trinajstić information content (AvgIpc) is 3.60. The SMILES string of the molecule is CCc1ccc(C(=O)N[C@H]2C[C@H](OC(F)(F)F)C[C@@H]2O)cc1NC(=O)c1cccnc1OCC1CC1. The lowest BCUT2D eigenvalue weighted by atomic mass is 10.0. The lowest BCUT2D eigenvalue weighted by Crippen LogP contribution is -2.40. The van der Waals surface area contributed by atoms with Gasteiger partial charge in [-0.2, -0.15) is 0 Å². The van der Waals surface area contributed by atoms with Crippen LogP contribution in [0, 0.1) is 5.92 Å². The van der Waals surface area contributed by atoms with Crippen LogP contribution in [0.5, 0.6) is 5.88 Å². The van der Waals surface area contributed by atoms with Crippen LogP contribution in [0.3, 0.4) is 0 Å². The van der Waals surface area contributed by atoms with E-state index in [9.17, 15) is 27.9 Å². The van der Waals surface area contributed by atoms with Crippen LogP contribution in [0.25, 0.3) is 0 Å². The standard InChI is InChI=1S/C25H28F3N3O5/c1-2-15-7-8-16(22(33)31-20-11-17(12-21(20)32)36-25(26,27)28)10-19(15)30-23(34)18-4-3-9-29-24(18)35-13-14-5-6-14/h3-4,7-10,14,17,20-21,32H,2,5-6,11-13H2,1H3,(H,30,34)(H,31,33)/t17-,20-,21-/m0/s1. The molecule has 2 amide bonds. The first-order valence-electron chi connectivity index (χ1n) is 11.9. The molecular formula is C25H28F3N3O5. The van der Waals surface area contributed by atoms with Gasteiger partial charge in [-0.05, 0) is 61.4 Å². The largest absolute Gasteiger partial charge is 0.522 e. The minimum absolute atomic E-state index is 0.173. The number of benzene rings is 1. The van der Waals surface area contributed by atoms with E-state index in [0.29, 0.717) is 24.6 Å². The number of aliphatic hydroxyl groups excluding tert-OH is 1. The Morgan fingerprint density at radius 2 is 1.94 bits per heavy atom. The summed E-state index contributed by atoms with van der Waals surface area (Å²) < 4.78 is 47.2. The van der Waals surface area contributed by atoms with Crippen LogP contribution in [0.4, 0.5) is 18.9 Å². The number of nitrogens with one attached hydrogen (secondary N) is 2. The van der Waals surface area contributed by atoms with Gasteiger partial charge in [-0.15, -0.1) is 13.2 Å². The minimum Gasteiger partial charge on any atom is -0.477 e. The molecule has 36 heavy (non-hydrogen) atoms. The fourth-order valence-corrected chi connectivity index (χ4v) is 4.15. The summed E-state index contributed by atoms with van der Waals surface area (Å²) in [5.41, 5.74) is 1.65. The van der Waals surface area contributed by atoms with Gasteiger partial charge in [0.05, 0.1) is 24.9 Å². The first-order chi connectivity index (χ1) is 17.1. The van der Waals surface area contributed by atoms with Gasteiger partial charge in [-0.3, -0.25) is 14.3 Å². The fraction of sp³-hybridized carbons (Fsp3) is 0.480. The number of aryl methyl sites for hydroxylation is 1. The van der Waals surface area contributed by atoms with Gasteiger partial charge in [0.1, 0.15) is 5.56 Å². The molecule has 2 aromatic rings. The number of hydrogen-bond acceptors (Lipinski definition) is 6. The molecule has 1 aromatic heterocycles. The van der Waals surface area contributed by atoms with Gasteiger partial charge >= 0.3 is 6.36 Å². The van der Waals surface area contributed by atoms with E-state index >= 15 is 0 Å². The molecule has 8 nitrogen and oxygen atoms in total. The molecule has 0 bridgehead atoms. The van der Waals surface area contributed by atoms with Crippen LogP contribution >= 0.6 is 0 Å². The highest BCUT2D eigenvalue weighted by atomic mass is 19.4. The highest BCUT2D eigenvalue weighted by Crippen LogP contribution is 2.31. The van der Waals surface area contributed by atoms with Crippen LogP contribution in [0.1, 0.15) is 58.9 Å². The van der Waals surface area contributed by atoms with E-state index in [1.807, 2.05) is 6.92 Å².